The molecular weight excluding hydrogens is 485 g/mol. The number of halogens is 2. The van der Waals surface area contributed by atoms with Crippen molar-refractivity contribution in [1.82, 2.24) is 4.98 Å². The van der Waals surface area contributed by atoms with Gasteiger partial charge in [-0.2, -0.15) is 0 Å². The number of ketones is 1. The van der Waals surface area contributed by atoms with E-state index in [1.165, 1.54) is 19.2 Å². The molecule has 0 amide bonds. The van der Waals surface area contributed by atoms with E-state index in [1.807, 2.05) is 0 Å². The molecule has 0 radical (unpaired) electrons. The van der Waals surface area contributed by atoms with Crippen LogP contribution >= 0.6 is 11.6 Å². The molecule has 0 unspecified atom stereocenters. The Labute approximate surface area is 213 Å². The summed E-state index contributed by atoms with van der Waals surface area (Å²) in [7, 11) is 1.50. The van der Waals surface area contributed by atoms with Gasteiger partial charge in [-0.25, -0.2) is 9.37 Å². The second-order valence-electron chi connectivity index (χ2n) is 8.31. The summed E-state index contributed by atoms with van der Waals surface area (Å²) in [5.41, 5.74) is 17.3. The number of hydrogen-bond donors (Lipinski definition) is 2. The van der Waals surface area contributed by atoms with Crippen molar-refractivity contribution in [1.29, 1.82) is 0 Å². The first-order valence-corrected chi connectivity index (χ1v) is 11.7. The highest BCUT2D eigenvalue weighted by Crippen LogP contribution is 2.33. The van der Waals surface area contributed by atoms with Crippen LogP contribution in [0.2, 0.25) is 5.02 Å². The number of methoxy groups -OCH3 is 1. The van der Waals surface area contributed by atoms with Crippen LogP contribution in [-0.2, 0) is 17.6 Å². The van der Waals surface area contributed by atoms with Crippen molar-refractivity contribution in [2.75, 3.05) is 13.7 Å². The molecule has 188 valence electrons. The number of ether oxygens (including phenoxy) is 1. The predicted molar refractivity (Wildman–Crippen MR) is 136 cm³/mol. The Kier molecular flexibility index (Phi) is 9.78. The van der Waals surface area contributed by atoms with E-state index >= 15 is 0 Å². The van der Waals surface area contributed by atoms with Gasteiger partial charge in [0.05, 0.1) is 13.7 Å². The predicted octanol–water partition coefficient (Wildman–Crippen LogP) is 4.76. The number of Topliss-reactive ketones (excluding diaryl/α,β-unsaturated/α-hetero) is 1. The summed E-state index contributed by atoms with van der Waals surface area (Å²) in [5, 5.41) is 13.6. The van der Waals surface area contributed by atoms with Crippen LogP contribution in [0, 0.1) is 5.82 Å². The van der Waals surface area contributed by atoms with E-state index in [4.69, 9.17) is 22.1 Å². The van der Waals surface area contributed by atoms with Gasteiger partial charge in [-0.1, -0.05) is 47.0 Å². The van der Waals surface area contributed by atoms with Crippen molar-refractivity contribution < 1.29 is 19.0 Å². The molecular formula is C26H27ClFN5O3. The van der Waals surface area contributed by atoms with Crippen LogP contribution in [0.15, 0.2) is 65.9 Å². The summed E-state index contributed by atoms with van der Waals surface area (Å²) in [6.45, 7) is -0.222. The van der Waals surface area contributed by atoms with Crippen LogP contribution in [0.4, 0.5) is 4.39 Å². The number of nitrogens with two attached hydrogens (primary N) is 1. The SMILES string of the molecule is COc1ccc([C@H](c2ccc(Cl)cc2)[C@H](N=[N+]=[N-])C(=O)Cc2cccc(F)c2CC[C@H](N)CO)cn1. The van der Waals surface area contributed by atoms with Gasteiger partial charge in [-0.3, -0.25) is 4.79 Å². The number of rotatable bonds is 12. The molecule has 36 heavy (non-hydrogen) atoms. The second kappa shape index (κ2) is 13.0. The second-order valence-corrected chi connectivity index (χ2v) is 8.75. The van der Waals surface area contributed by atoms with Crippen LogP contribution < -0.4 is 10.5 Å². The van der Waals surface area contributed by atoms with E-state index in [0.29, 0.717) is 39.6 Å². The zero-order valence-corrected chi connectivity index (χ0v) is 20.5. The molecule has 0 saturated heterocycles. The van der Waals surface area contributed by atoms with Crippen LogP contribution in [0.1, 0.15) is 34.6 Å². The highest BCUT2D eigenvalue weighted by molar-refractivity contribution is 6.30. The summed E-state index contributed by atoms with van der Waals surface area (Å²) in [6, 6.07) is 13.2. The zero-order chi connectivity index (χ0) is 26.1. The maximum absolute atomic E-state index is 14.7. The number of carbonyl (C=O) groups is 1. The largest absolute Gasteiger partial charge is 0.481 e. The third kappa shape index (κ3) is 6.80. The van der Waals surface area contributed by atoms with Gasteiger partial charge in [0, 0.05) is 40.6 Å². The van der Waals surface area contributed by atoms with E-state index in [1.54, 1.807) is 48.7 Å². The number of pyridine rings is 1. The van der Waals surface area contributed by atoms with Gasteiger partial charge in [0.25, 0.3) is 0 Å². The average Bonchev–Trinajstić information content (AvgIpc) is 2.89. The number of aliphatic hydroxyl groups excluding tert-OH is 1. The lowest BCUT2D eigenvalue weighted by molar-refractivity contribution is -0.119. The Bertz CT molecular complexity index is 1220. The van der Waals surface area contributed by atoms with Gasteiger partial charge < -0.3 is 15.6 Å². The molecule has 2 aromatic carbocycles. The van der Waals surface area contributed by atoms with Crippen LogP contribution in [0.25, 0.3) is 10.4 Å². The molecule has 3 N–H and O–H groups in total. The Morgan fingerprint density at radius 2 is 1.94 bits per heavy atom. The lowest BCUT2D eigenvalue weighted by Crippen LogP contribution is -2.29. The van der Waals surface area contributed by atoms with Crippen molar-refractivity contribution >= 4 is 17.4 Å². The normalized spacial score (nSPS) is 13.4. The van der Waals surface area contributed by atoms with Gasteiger partial charge in [0.1, 0.15) is 17.6 Å². The molecule has 1 aromatic heterocycles. The van der Waals surface area contributed by atoms with Crippen molar-refractivity contribution in [3.63, 3.8) is 0 Å². The van der Waals surface area contributed by atoms with Gasteiger partial charge in [-0.05, 0) is 58.8 Å². The first kappa shape index (κ1) is 27.1. The number of nitrogens with zero attached hydrogens (tertiary/aromatic N) is 4. The Hall–Kier alpha value is -3.49. The van der Waals surface area contributed by atoms with E-state index < -0.39 is 23.8 Å². The van der Waals surface area contributed by atoms with Crippen molar-refractivity contribution in [3.05, 3.63) is 104 Å². The highest BCUT2D eigenvalue weighted by Gasteiger charge is 2.31. The summed E-state index contributed by atoms with van der Waals surface area (Å²) in [5.74, 6) is -1.11. The highest BCUT2D eigenvalue weighted by atomic mass is 35.5. The molecule has 0 aliphatic rings. The molecule has 3 atom stereocenters. The van der Waals surface area contributed by atoms with E-state index in [-0.39, 0.29) is 25.2 Å². The fourth-order valence-corrected chi connectivity index (χ4v) is 4.18. The lowest BCUT2D eigenvalue weighted by Gasteiger charge is -2.24. The quantitative estimate of drug-likeness (QED) is 0.205. The summed E-state index contributed by atoms with van der Waals surface area (Å²) in [6.07, 6.45) is 2.02. The van der Waals surface area contributed by atoms with Crippen LogP contribution in [-0.4, -0.2) is 41.7 Å². The van der Waals surface area contributed by atoms with Gasteiger partial charge >= 0.3 is 0 Å². The monoisotopic (exact) mass is 511 g/mol. The molecule has 0 aliphatic heterocycles. The molecule has 0 bridgehead atoms. The Morgan fingerprint density at radius 3 is 2.56 bits per heavy atom. The third-order valence-corrected chi connectivity index (χ3v) is 6.21. The minimum absolute atomic E-state index is 0.154. The Balaban J connectivity index is 2.00. The van der Waals surface area contributed by atoms with Crippen LogP contribution in [0.5, 0.6) is 5.88 Å². The number of hydrogen-bond acceptors (Lipinski definition) is 6. The zero-order valence-electron chi connectivity index (χ0n) is 19.7. The fourth-order valence-electron chi connectivity index (χ4n) is 4.06. The molecule has 10 heteroatoms. The molecule has 3 rings (SSSR count). The van der Waals surface area contributed by atoms with E-state index in [9.17, 15) is 19.8 Å². The summed E-state index contributed by atoms with van der Waals surface area (Å²) >= 11 is 6.07. The van der Waals surface area contributed by atoms with Crippen LogP contribution in [0.3, 0.4) is 0 Å². The average molecular weight is 512 g/mol. The minimum Gasteiger partial charge on any atom is -0.481 e. The number of azide groups is 1. The molecule has 0 aliphatic carbocycles. The van der Waals surface area contributed by atoms with Gasteiger partial charge in [-0.15, -0.1) is 0 Å². The summed E-state index contributed by atoms with van der Waals surface area (Å²) < 4.78 is 19.8. The smallest absolute Gasteiger partial charge is 0.212 e. The van der Waals surface area contributed by atoms with E-state index in [2.05, 4.69) is 15.0 Å². The first-order chi connectivity index (χ1) is 17.4. The van der Waals surface area contributed by atoms with Crippen molar-refractivity contribution in [3.8, 4) is 5.88 Å². The molecule has 0 spiro atoms. The van der Waals surface area contributed by atoms with Crippen molar-refractivity contribution in [2.45, 2.75) is 37.3 Å². The number of carbonyl (C=O) groups excluding carboxylic acids is 1. The molecule has 0 saturated carbocycles. The number of aliphatic hydroxyl groups is 1. The third-order valence-electron chi connectivity index (χ3n) is 5.96. The fraction of sp³-hybridized carbons (Fsp3) is 0.308. The van der Waals surface area contributed by atoms with Gasteiger partial charge in [0.15, 0.2) is 0 Å². The van der Waals surface area contributed by atoms with Gasteiger partial charge in [0.2, 0.25) is 5.88 Å². The topological polar surface area (TPSA) is 134 Å². The first-order valence-electron chi connectivity index (χ1n) is 11.3. The lowest BCUT2D eigenvalue weighted by atomic mass is 9.82. The standard InChI is InChI=1S/C26H27ClFN5O3/c1-36-24-12-7-18(14-31-24)25(16-5-8-19(27)9-6-16)26(32-33-30)23(35)13-17-3-2-4-22(28)21(17)11-10-20(29)15-34/h2-9,12,14,20,25-26,34H,10-11,13,15,29H2,1H3/t20-,25-,26+/m0/s1. The maximum atomic E-state index is 14.7. The molecule has 1 heterocycles. The minimum atomic E-state index is -1.14. The maximum Gasteiger partial charge on any atom is 0.212 e. The molecule has 3 aromatic rings. The number of aromatic nitrogens is 1. The number of benzene rings is 2. The Morgan fingerprint density at radius 1 is 1.22 bits per heavy atom. The van der Waals surface area contributed by atoms with E-state index in [0.717, 1.165) is 0 Å². The van der Waals surface area contributed by atoms with Crippen molar-refractivity contribution in [2.24, 2.45) is 10.8 Å². The molecule has 8 nitrogen and oxygen atoms in total. The molecule has 0 fully saturated rings. The summed E-state index contributed by atoms with van der Waals surface area (Å²) in [4.78, 5) is 20.8.